The van der Waals surface area contributed by atoms with Gasteiger partial charge in [0, 0.05) is 79.7 Å². The first-order valence-corrected chi connectivity index (χ1v) is 18.5. The van der Waals surface area contributed by atoms with Crippen molar-refractivity contribution in [1.29, 1.82) is 0 Å². The molecule has 0 aliphatic carbocycles. The highest BCUT2D eigenvalue weighted by molar-refractivity contribution is 5.95. The molecule has 2 aliphatic rings. The molecule has 0 unspecified atom stereocenters. The van der Waals surface area contributed by atoms with Crippen LogP contribution in [-0.4, -0.2) is 70.1 Å². The molecule has 288 valence electrons. The number of benzene rings is 3. The van der Waals surface area contributed by atoms with E-state index < -0.39 is 29.1 Å². The van der Waals surface area contributed by atoms with Crippen LogP contribution in [0.3, 0.4) is 0 Å². The number of fused-ring (bicyclic) bond motifs is 3. The SMILES string of the molecule is CC1(C)CCc2cc3c(C(F)(F)F)cc(=O)oc3cc2N1CCCCCC(=O)N1CCN(C(=O)c2cc(Cc3n[nH]c(=O)c4ccccc34)ccc2F)CC1. The third kappa shape index (κ3) is 7.85. The number of unbranched alkanes of at least 4 members (excludes halogenated alkanes) is 2. The van der Waals surface area contributed by atoms with E-state index in [1.807, 2.05) is 6.07 Å². The summed E-state index contributed by atoms with van der Waals surface area (Å²) in [5.74, 6) is -1.12. The summed E-state index contributed by atoms with van der Waals surface area (Å²) in [6, 6.07) is 15.0. The van der Waals surface area contributed by atoms with E-state index >= 15 is 0 Å². The first-order valence-electron chi connectivity index (χ1n) is 18.5. The Morgan fingerprint density at radius 2 is 1.62 bits per heavy atom. The van der Waals surface area contributed by atoms with E-state index in [-0.39, 0.29) is 53.0 Å². The van der Waals surface area contributed by atoms with Crippen LogP contribution in [0.2, 0.25) is 0 Å². The van der Waals surface area contributed by atoms with Gasteiger partial charge in [0.15, 0.2) is 0 Å². The molecule has 55 heavy (non-hydrogen) atoms. The number of aromatic amines is 1. The molecule has 10 nitrogen and oxygen atoms in total. The van der Waals surface area contributed by atoms with Gasteiger partial charge in [-0.05, 0) is 74.9 Å². The van der Waals surface area contributed by atoms with E-state index in [1.54, 1.807) is 40.1 Å². The summed E-state index contributed by atoms with van der Waals surface area (Å²) < 4.78 is 61.4. The maximum Gasteiger partial charge on any atom is 0.417 e. The zero-order valence-corrected chi connectivity index (χ0v) is 30.6. The quantitative estimate of drug-likeness (QED) is 0.0992. The minimum atomic E-state index is -4.69. The first kappa shape index (κ1) is 37.8. The fraction of sp³-hybridized carbons (Fsp3) is 0.390. The van der Waals surface area contributed by atoms with Crippen molar-refractivity contribution in [3.8, 4) is 0 Å². The topological polar surface area (TPSA) is 120 Å². The molecular formula is C41H41F4N5O5. The zero-order valence-electron chi connectivity index (χ0n) is 30.6. The smallest absolute Gasteiger partial charge is 0.417 e. The van der Waals surface area contributed by atoms with Gasteiger partial charge < -0.3 is 19.1 Å². The van der Waals surface area contributed by atoms with Crippen LogP contribution >= 0.6 is 0 Å². The minimum absolute atomic E-state index is 0.0217. The molecule has 1 fully saturated rings. The number of nitrogens with zero attached hydrogens (tertiary/aromatic N) is 4. The second kappa shape index (κ2) is 15.0. The Balaban J connectivity index is 0.916. The Labute approximate surface area is 313 Å². The predicted octanol–water partition coefficient (Wildman–Crippen LogP) is 6.85. The van der Waals surface area contributed by atoms with Crippen molar-refractivity contribution in [3.05, 3.63) is 115 Å². The number of amides is 2. The Morgan fingerprint density at radius 1 is 0.891 bits per heavy atom. The summed E-state index contributed by atoms with van der Waals surface area (Å²) in [5.41, 5.74) is -0.00633. The van der Waals surface area contributed by atoms with Crippen molar-refractivity contribution in [1.82, 2.24) is 20.0 Å². The standard InChI is InChI=1S/C41H41F4N5O5/c1-40(2)14-13-26-22-29-31(41(43,44)45)23-37(52)55-35(29)24-34(26)50(40)15-7-3-4-10-36(51)48-16-18-49(19-17-48)39(54)30-20-25(11-12-32(30)42)21-33-27-8-5-6-9-28(27)38(53)47-46-33/h5-6,8-9,11-12,20,22-24H,3-4,7,10,13-19,21H2,1-2H3,(H,47,53). The monoisotopic (exact) mass is 759 g/mol. The van der Waals surface area contributed by atoms with Gasteiger partial charge in [-0.3, -0.25) is 14.4 Å². The number of aromatic nitrogens is 2. The van der Waals surface area contributed by atoms with Gasteiger partial charge in [-0.1, -0.05) is 30.7 Å². The summed E-state index contributed by atoms with van der Waals surface area (Å²) in [7, 11) is 0. The van der Waals surface area contributed by atoms with Crippen molar-refractivity contribution in [2.75, 3.05) is 37.6 Å². The van der Waals surface area contributed by atoms with Gasteiger partial charge in [-0.25, -0.2) is 14.3 Å². The number of nitrogens with one attached hydrogen (secondary N) is 1. The van der Waals surface area contributed by atoms with Crippen LogP contribution < -0.4 is 16.1 Å². The summed E-state index contributed by atoms with van der Waals surface area (Å²) >= 11 is 0. The Morgan fingerprint density at radius 3 is 2.36 bits per heavy atom. The van der Waals surface area contributed by atoms with Crippen molar-refractivity contribution >= 4 is 39.2 Å². The number of alkyl halides is 3. The number of carbonyl (C=O) groups excluding carboxylic acids is 2. The molecule has 14 heteroatoms. The lowest BCUT2D eigenvalue weighted by molar-refractivity contribution is -0.136. The third-order valence-corrected chi connectivity index (χ3v) is 10.9. The van der Waals surface area contributed by atoms with E-state index in [2.05, 4.69) is 28.9 Å². The molecular weight excluding hydrogens is 718 g/mol. The molecule has 1 saturated heterocycles. The molecule has 0 spiro atoms. The highest BCUT2D eigenvalue weighted by Gasteiger charge is 2.37. The number of rotatable bonds is 9. The van der Waals surface area contributed by atoms with E-state index in [0.717, 1.165) is 30.5 Å². The molecule has 0 radical (unpaired) electrons. The fourth-order valence-electron chi connectivity index (χ4n) is 7.81. The van der Waals surface area contributed by atoms with Crippen LogP contribution in [0.5, 0.6) is 0 Å². The molecule has 2 amide bonds. The van der Waals surface area contributed by atoms with Crippen molar-refractivity contribution < 1.29 is 31.6 Å². The van der Waals surface area contributed by atoms with Crippen molar-refractivity contribution in [2.45, 2.75) is 70.5 Å². The number of hydrogen-bond donors (Lipinski definition) is 1. The Kier molecular flexibility index (Phi) is 10.3. The highest BCUT2D eigenvalue weighted by Crippen LogP contribution is 2.42. The number of carbonyl (C=O) groups is 2. The number of H-pyrrole nitrogens is 1. The second-order valence-corrected chi connectivity index (χ2v) is 14.9. The van der Waals surface area contributed by atoms with Crippen molar-refractivity contribution in [2.24, 2.45) is 0 Å². The van der Waals surface area contributed by atoms with E-state index in [4.69, 9.17) is 4.42 Å². The van der Waals surface area contributed by atoms with Crippen LogP contribution in [0.15, 0.2) is 74.7 Å². The fourth-order valence-corrected chi connectivity index (χ4v) is 7.81. The summed E-state index contributed by atoms with van der Waals surface area (Å²) in [4.78, 5) is 56.2. The lowest BCUT2D eigenvalue weighted by atomic mass is 9.85. The maximum atomic E-state index is 15.0. The molecule has 0 atom stereocenters. The average Bonchev–Trinajstić information content (AvgIpc) is 3.15. The molecule has 1 N–H and O–H groups in total. The molecule has 5 aromatic rings. The lowest BCUT2D eigenvalue weighted by Crippen LogP contribution is -2.50. The van der Waals surface area contributed by atoms with Gasteiger partial charge in [0.25, 0.3) is 11.5 Å². The number of anilines is 1. The lowest BCUT2D eigenvalue weighted by Gasteiger charge is -2.45. The molecule has 3 aromatic carbocycles. The van der Waals surface area contributed by atoms with Crippen LogP contribution in [0, 0.1) is 5.82 Å². The Hall–Kier alpha value is -5.53. The van der Waals surface area contributed by atoms with Gasteiger partial charge in [0.05, 0.1) is 22.2 Å². The van der Waals surface area contributed by atoms with E-state index in [9.17, 15) is 36.7 Å². The summed E-state index contributed by atoms with van der Waals surface area (Å²) in [6.45, 7) is 5.96. The van der Waals surface area contributed by atoms with E-state index in [1.165, 1.54) is 18.2 Å². The van der Waals surface area contributed by atoms with E-state index in [0.29, 0.717) is 67.0 Å². The molecule has 0 bridgehead atoms. The van der Waals surface area contributed by atoms with Gasteiger partial charge in [-0.15, -0.1) is 0 Å². The van der Waals surface area contributed by atoms with Gasteiger partial charge in [-0.2, -0.15) is 18.3 Å². The number of hydrogen-bond acceptors (Lipinski definition) is 7. The van der Waals surface area contributed by atoms with Crippen LogP contribution in [-0.2, 0) is 23.8 Å². The van der Waals surface area contributed by atoms with Crippen molar-refractivity contribution in [3.63, 3.8) is 0 Å². The molecule has 7 rings (SSSR count). The van der Waals surface area contributed by atoms with Gasteiger partial charge in [0.1, 0.15) is 11.4 Å². The molecule has 0 saturated carbocycles. The number of aryl methyl sites for hydroxylation is 1. The zero-order chi connectivity index (χ0) is 39.1. The summed E-state index contributed by atoms with van der Waals surface area (Å²) in [6.07, 6.45) is -0.630. The molecule has 2 aromatic heterocycles. The van der Waals surface area contributed by atoms with Crippen LogP contribution in [0.1, 0.15) is 78.7 Å². The normalized spacial score (nSPS) is 15.8. The second-order valence-electron chi connectivity index (χ2n) is 14.9. The molecule has 4 heterocycles. The highest BCUT2D eigenvalue weighted by atomic mass is 19.4. The molecule has 2 aliphatic heterocycles. The minimum Gasteiger partial charge on any atom is -0.423 e. The van der Waals surface area contributed by atoms with Gasteiger partial charge >= 0.3 is 11.8 Å². The number of piperazine rings is 1. The predicted molar refractivity (Wildman–Crippen MR) is 200 cm³/mol. The first-order chi connectivity index (χ1) is 26.2. The van der Waals surface area contributed by atoms with Gasteiger partial charge in [0.2, 0.25) is 5.91 Å². The third-order valence-electron chi connectivity index (χ3n) is 10.9. The number of halogens is 4. The van der Waals surface area contributed by atoms with Crippen LogP contribution in [0.25, 0.3) is 21.7 Å². The largest absolute Gasteiger partial charge is 0.423 e. The summed E-state index contributed by atoms with van der Waals surface area (Å²) in [5, 5.41) is 7.75. The maximum absolute atomic E-state index is 15.0. The average molecular weight is 760 g/mol. The Bertz CT molecular complexity index is 2400. The van der Waals surface area contributed by atoms with Crippen LogP contribution in [0.4, 0.5) is 23.2 Å².